The molecular weight excluding hydrogens is 292 g/mol. The summed E-state index contributed by atoms with van der Waals surface area (Å²) in [5.74, 6) is 0. The van der Waals surface area contributed by atoms with Crippen LogP contribution in [0.2, 0.25) is 4.34 Å². The molecule has 86 valence electrons. The molecular formula is C12H18BrClS. The molecule has 0 saturated carbocycles. The van der Waals surface area contributed by atoms with E-state index in [-0.39, 0.29) is 0 Å². The zero-order valence-electron chi connectivity index (χ0n) is 9.14. The summed E-state index contributed by atoms with van der Waals surface area (Å²) < 4.78 is 0.889. The summed E-state index contributed by atoms with van der Waals surface area (Å²) in [5, 5.41) is 0. The molecule has 0 saturated heterocycles. The van der Waals surface area contributed by atoms with E-state index >= 15 is 0 Å². The molecule has 0 N–H and O–H groups in total. The van der Waals surface area contributed by atoms with Gasteiger partial charge < -0.3 is 0 Å². The van der Waals surface area contributed by atoms with E-state index in [4.69, 9.17) is 11.6 Å². The second-order valence-corrected chi connectivity index (χ2v) is 6.66. The van der Waals surface area contributed by atoms with Crippen LogP contribution in [0.4, 0.5) is 0 Å². The van der Waals surface area contributed by atoms with Gasteiger partial charge in [0.25, 0.3) is 0 Å². The Morgan fingerprint density at radius 2 is 2.00 bits per heavy atom. The van der Waals surface area contributed by atoms with E-state index in [1.807, 2.05) is 6.07 Å². The first-order valence-electron chi connectivity index (χ1n) is 5.63. The van der Waals surface area contributed by atoms with Gasteiger partial charge in [-0.15, -0.1) is 11.3 Å². The third kappa shape index (κ3) is 5.37. The summed E-state index contributed by atoms with van der Waals surface area (Å²) >= 11 is 11.3. The van der Waals surface area contributed by atoms with Crippen LogP contribution in [0, 0.1) is 0 Å². The minimum absolute atomic E-state index is 0.497. The lowest BCUT2D eigenvalue weighted by molar-refractivity contribution is 0.607. The summed E-state index contributed by atoms with van der Waals surface area (Å²) in [5.41, 5.74) is 0. The van der Waals surface area contributed by atoms with Crippen molar-refractivity contribution in [2.24, 2.45) is 0 Å². The quantitative estimate of drug-likeness (QED) is 0.415. The van der Waals surface area contributed by atoms with Gasteiger partial charge in [0, 0.05) is 9.70 Å². The highest BCUT2D eigenvalue weighted by atomic mass is 79.9. The normalized spacial score (nSPS) is 13.0. The standard InChI is InChI=1S/C12H18BrClS/c1-2-3-4-5-6-7-10(13)11-8-9-12(14)15-11/h8-10H,2-7H2,1H3. The Hall–Kier alpha value is 0.470. The predicted molar refractivity (Wildman–Crippen MR) is 74.4 cm³/mol. The second-order valence-electron chi connectivity index (χ2n) is 3.81. The van der Waals surface area contributed by atoms with Crippen LogP contribution in [0.5, 0.6) is 0 Å². The number of rotatable bonds is 7. The fraction of sp³-hybridized carbons (Fsp3) is 0.667. The summed E-state index contributed by atoms with van der Waals surface area (Å²) in [6.07, 6.45) is 7.96. The van der Waals surface area contributed by atoms with Gasteiger partial charge in [0.15, 0.2) is 0 Å². The topological polar surface area (TPSA) is 0 Å². The van der Waals surface area contributed by atoms with E-state index in [1.54, 1.807) is 11.3 Å². The summed E-state index contributed by atoms with van der Waals surface area (Å²) in [6, 6.07) is 4.10. The van der Waals surface area contributed by atoms with Crippen LogP contribution >= 0.6 is 38.9 Å². The fourth-order valence-corrected chi connectivity index (χ4v) is 3.40. The van der Waals surface area contributed by atoms with Gasteiger partial charge in [-0.1, -0.05) is 66.6 Å². The van der Waals surface area contributed by atoms with Crippen molar-refractivity contribution < 1.29 is 0 Å². The Kier molecular flexibility index (Phi) is 6.94. The number of thiophene rings is 1. The Balaban J connectivity index is 2.16. The summed E-state index contributed by atoms with van der Waals surface area (Å²) in [6.45, 7) is 2.25. The third-order valence-electron chi connectivity index (χ3n) is 2.46. The van der Waals surface area contributed by atoms with Crippen molar-refractivity contribution in [1.29, 1.82) is 0 Å². The Morgan fingerprint density at radius 1 is 1.27 bits per heavy atom. The van der Waals surface area contributed by atoms with Gasteiger partial charge in [-0.05, 0) is 18.6 Å². The molecule has 0 amide bonds. The molecule has 1 heterocycles. The largest absolute Gasteiger partial charge is 0.127 e. The lowest BCUT2D eigenvalue weighted by Crippen LogP contribution is -1.86. The van der Waals surface area contributed by atoms with E-state index in [9.17, 15) is 0 Å². The summed E-state index contributed by atoms with van der Waals surface area (Å²) in [7, 11) is 0. The van der Waals surface area contributed by atoms with Crippen molar-refractivity contribution in [3.05, 3.63) is 21.3 Å². The van der Waals surface area contributed by atoms with Crippen LogP contribution in [0.3, 0.4) is 0 Å². The van der Waals surface area contributed by atoms with Gasteiger partial charge in [-0.2, -0.15) is 0 Å². The van der Waals surface area contributed by atoms with Crippen LogP contribution in [-0.2, 0) is 0 Å². The Morgan fingerprint density at radius 3 is 2.60 bits per heavy atom. The van der Waals surface area contributed by atoms with Crippen LogP contribution in [0.15, 0.2) is 12.1 Å². The van der Waals surface area contributed by atoms with Gasteiger partial charge in [0.2, 0.25) is 0 Å². The number of unbranched alkanes of at least 4 members (excludes halogenated alkanes) is 4. The molecule has 0 radical (unpaired) electrons. The lowest BCUT2D eigenvalue weighted by Gasteiger charge is -2.06. The highest BCUT2D eigenvalue weighted by molar-refractivity contribution is 9.09. The molecule has 0 spiro atoms. The molecule has 1 aromatic heterocycles. The van der Waals surface area contributed by atoms with Crippen molar-refractivity contribution in [2.75, 3.05) is 0 Å². The molecule has 0 aliphatic rings. The van der Waals surface area contributed by atoms with Crippen molar-refractivity contribution >= 4 is 38.9 Å². The lowest BCUT2D eigenvalue weighted by atomic mass is 10.1. The molecule has 3 heteroatoms. The van der Waals surface area contributed by atoms with Crippen LogP contribution in [-0.4, -0.2) is 0 Å². The second kappa shape index (κ2) is 7.70. The maximum Gasteiger partial charge on any atom is 0.0931 e. The van der Waals surface area contributed by atoms with Gasteiger partial charge in [0.05, 0.1) is 4.34 Å². The SMILES string of the molecule is CCCCCCCC(Br)c1ccc(Cl)s1. The molecule has 1 rings (SSSR count). The molecule has 0 fully saturated rings. The molecule has 1 atom stereocenters. The van der Waals surface area contributed by atoms with Gasteiger partial charge in [-0.25, -0.2) is 0 Å². The highest BCUT2D eigenvalue weighted by Gasteiger charge is 2.09. The molecule has 15 heavy (non-hydrogen) atoms. The van der Waals surface area contributed by atoms with E-state index in [0.29, 0.717) is 4.83 Å². The Labute approximate surface area is 110 Å². The maximum atomic E-state index is 5.90. The van der Waals surface area contributed by atoms with Crippen LogP contribution in [0.1, 0.15) is 55.2 Å². The van der Waals surface area contributed by atoms with E-state index in [1.165, 1.54) is 43.4 Å². The molecule has 0 nitrogen and oxygen atoms in total. The minimum Gasteiger partial charge on any atom is -0.127 e. The zero-order chi connectivity index (χ0) is 11.1. The van der Waals surface area contributed by atoms with Gasteiger partial charge in [0.1, 0.15) is 0 Å². The van der Waals surface area contributed by atoms with Crippen molar-refractivity contribution in [2.45, 2.75) is 50.3 Å². The molecule has 1 aromatic rings. The maximum absolute atomic E-state index is 5.90. The number of halogens is 2. The van der Waals surface area contributed by atoms with Crippen LogP contribution < -0.4 is 0 Å². The van der Waals surface area contributed by atoms with E-state index in [2.05, 4.69) is 28.9 Å². The van der Waals surface area contributed by atoms with Crippen molar-refractivity contribution in [3.63, 3.8) is 0 Å². The molecule has 0 aliphatic heterocycles. The Bertz CT molecular complexity index is 272. The van der Waals surface area contributed by atoms with Gasteiger partial charge >= 0.3 is 0 Å². The first-order valence-corrected chi connectivity index (χ1v) is 7.74. The average Bonchev–Trinajstić information content (AvgIpc) is 2.64. The van der Waals surface area contributed by atoms with Crippen molar-refractivity contribution in [1.82, 2.24) is 0 Å². The van der Waals surface area contributed by atoms with Crippen molar-refractivity contribution in [3.8, 4) is 0 Å². The minimum atomic E-state index is 0.497. The van der Waals surface area contributed by atoms with E-state index < -0.39 is 0 Å². The smallest absolute Gasteiger partial charge is 0.0931 e. The highest BCUT2D eigenvalue weighted by Crippen LogP contribution is 2.35. The number of hydrogen-bond donors (Lipinski definition) is 0. The summed E-state index contributed by atoms with van der Waals surface area (Å²) in [4.78, 5) is 1.85. The molecule has 0 bridgehead atoms. The number of hydrogen-bond acceptors (Lipinski definition) is 1. The first kappa shape index (κ1) is 13.5. The molecule has 1 unspecified atom stereocenters. The van der Waals surface area contributed by atoms with Gasteiger partial charge in [-0.3, -0.25) is 0 Å². The zero-order valence-corrected chi connectivity index (χ0v) is 12.3. The fourth-order valence-electron chi connectivity index (χ4n) is 1.57. The monoisotopic (exact) mass is 308 g/mol. The number of alkyl halides is 1. The molecule has 0 aliphatic carbocycles. The average molecular weight is 310 g/mol. The predicted octanol–water partition coefficient (Wildman–Crippen LogP) is 6.20. The molecule has 0 aromatic carbocycles. The van der Waals surface area contributed by atoms with Crippen LogP contribution in [0.25, 0.3) is 0 Å². The first-order chi connectivity index (χ1) is 7.24. The van der Waals surface area contributed by atoms with E-state index in [0.717, 1.165) is 4.34 Å². The third-order valence-corrected chi connectivity index (χ3v) is 5.06.